The predicted octanol–water partition coefficient (Wildman–Crippen LogP) is 0.515. The summed E-state index contributed by atoms with van der Waals surface area (Å²) in [6, 6.07) is 5.89. The number of carbonyl (C=O) groups is 1. The average molecular weight is 378 g/mol. The maximum atomic E-state index is 12.2. The topological polar surface area (TPSA) is 96.5 Å². The molecule has 0 aliphatic carbocycles. The fourth-order valence-electron chi connectivity index (χ4n) is 2.28. The van der Waals surface area contributed by atoms with E-state index < -0.39 is 10.0 Å². The van der Waals surface area contributed by atoms with Gasteiger partial charge < -0.3 is 15.4 Å². The first-order chi connectivity index (χ1) is 11.0. The van der Waals surface area contributed by atoms with Crippen LogP contribution in [0.25, 0.3) is 0 Å². The molecule has 1 unspecified atom stereocenters. The molecular weight excluding hydrogens is 354 g/mol. The number of nitrogens with one attached hydrogen (secondary N) is 3. The highest BCUT2D eigenvalue weighted by molar-refractivity contribution is 7.89. The molecule has 3 N–H and O–H groups in total. The number of carbonyl (C=O) groups excluding carboxylic acids is 1. The molecule has 1 aromatic carbocycles. The molecule has 7 nitrogen and oxygen atoms in total. The van der Waals surface area contributed by atoms with Crippen molar-refractivity contribution < 1.29 is 17.9 Å². The van der Waals surface area contributed by atoms with Gasteiger partial charge in [-0.15, -0.1) is 12.4 Å². The highest BCUT2D eigenvalue weighted by atomic mass is 35.5. The van der Waals surface area contributed by atoms with E-state index in [4.69, 9.17) is 4.74 Å². The molecule has 9 heteroatoms. The SMILES string of the molecule is CNCCNC(=O)c1ccc(S(=O)(=O)NCC2CCCO2)cc1.Cl. The zero-order valence-corrected chi connectivity index (χ0v) is 15.2. The first-order valence-corrected chi connectivity index (χ1v) is 9.15. The lowest BCUT2D eigenvalue weighted by Gasteiger charge is -2.11. The third-order valence-electron chi connectivity index (χ3n) is 3.61. The van der Waals surface area contributed by atoms with E-state index in [9.17, 15) is 13.2 Å². The van der Waals surface area contributed by atoms with Gasteiger partial charge in [-0.3, -0.25) is 4.79 Å². The van der Waals surface area contributed by atoms with Crippen molar-refractivity contribution in [2.75, 3.05) is 33.3 Å². The number of sulfonamides is 1. The molecule has 0 aromatic heterocycles. The van der Waals surface area contributed by atoms with Crippen LogP contribution in [0.15, 0.2) is 29.2 Å². The Morgan fingerprint density at radius 3 is 2.54 bits per heavy atom. The monoisotopic (exact) mass is 377 g/mol. The van der Waals surface area contributed by atoms with Crippen LogP contribution < -0.4 is 15.4 Å². The molecule has 1 aliphatic rings. The molecule has 1 fully saturated rings. The molecule has 2 rings (SSSR count). The van der Waals surface area contributed by atoms with Crippen molar-refractivity contribution in [3.8, 4) is 0 Å². The van der Waals surface area contributed by atoms with E-state index in [2.05, 4.69) is 15.4 Å². The number of halogens is 1. The quantitative estimate of drug-likeness (QED) is 0.574. The number of ether oxygens (including phenoxy) is 1. The van der Waals surface area contributed by atoms with Gasteiger partial charge in [0.05, 0.1) is 11.0 Å². The zero-order valence-electron chi connectivity index (χ0n) is 13.6. The number of amides is 1. The van der Waals surface area contributed by atoms with Gasteiger partial charge in [-0.05, 0) is 44.2 Å². The van der Waals surface area contributed by atoms with Gasteiger partial charge in [-0.25, -0.2) is 13.1 Å². The summed E-state index contributed by atoms with van der Waals surface area (Å²) in [6.07, 6.45) is 1.78. The van der Waals surface area contributed by atoms with E-state index in [1.54, 1.807) is 7.05 Å². The van der Waals surface area contributed by atoms with Gasteiger partial charge in [0.25, 0.3) is 5.91 Å². The molecule has 1 heterocycles. The maximum absolute atomic E-state index is 12.2. The summed E-state index contributed by atoms with van der Waals surface area (Å²) >= 11 is 0. The number of benzene rings is 1. The van der Waals surface area contributed by atoms with Crippen molar-refractivity contribution in [3.05, 3.63) is 29.8 Å². The smallest absolute Gasteiger partial charge is 0.251 e. The third-order valence-corrected chi connectivity index (χ3v) is 5.05. The molecular formula is C15H24ClN3O4S. The minimum atomic E-state index is -3.58. The highest BCUT2D eigenvalue weighted by Gasteiger charge is 2.20. The second kappa shape index (κ2) is 9.95. The fourth-order valence-corrected chi connectivity index (χ4v) is 3.35. The normalized spacial score (nSPS) is 17.3. The van der Waals surface area contributed by atoms with Crippen LogP contribution >= 0.6 is 12.4 Å². The van der Waals surface area contributed by atoms with E-state index in [1.165, 1.54) is 24.3 Å². The van der Waals surface area contributed by atoms with Crippen LogP contribution in [0.3, 0.4) is 0 Å². The molecule has 1 aromatic rings. The number of hydrogen-bond donors (Lipinski definition) is 3. The summed E-state index contributed by atoms with van der Waals surface area (Å²) in [5, 5.41) is 5.67. The van der Waals surface area contributed by atoms with Gasteiger partial charge in [0, 0.05) is 31.8 Å². The second-order valence-electron chi connectivity index (χ2n) is 5.37. The van der Waals surface area contributed by atoms with E-state index in [1.807, 2.05) is 0 Å². The van der Waals surface area contributed by atoms with Crippen molar-refractivity contribution in [1.82, 2.24) is 15.4 Å². The van der Waals surface area contributed by atoms with Crippen LogP contribution in [0.4, 0.5) is 0 Å². The van der Waals surface area contributed by atoms with Gasteiger partial charge in [0.15, 0.2) is 0 Å². The minimum Gasteiger partial charge on any atom is -0.377 e. The summed E-state index contributed by atoms with van der Waals surface area (Å²) in [6.45, 7) is 2.14. The van der Waals surface area contributed by atoms with Crippen LogP contribution in [0.5, 0.6) is 0 Å². The summed E-state index contributed by atoms with van der Waals surface area (Å²) in [5.41, 5.74) is 0.430. The van der Waals surface area contributed by atoms with Crippen LogP contribution in [0.2, 0.25) is 0 Å². The zero-order chi connectivity index (χ0) is 16.7. The minimum absolute atomic E-state index is 0. The Morgan fingerprint density at radius 2 is 1.96 bits per heavy atom. The van der Waals surface area contributed by atoms with E-state index >= 15 is 0 Å². The summed E-state index contributed by atoms with van der Waals surface area (Å²) in [7, 11) is -1.78. The Morgan fingerprint density at radius 1 is 1.25 bits per heavy atom. The van der Waals surface area contributed by atoms with E-state index in [0.717, 1.165) is 12.8 Å². The van der Waals surface area contributed by atoms with Crippen LogP contribution in [0.1, 0.15) is 23.2 Å². The lowest BCUT2D eigenvalue weighted by atomic mass is 10.2. The molecule has 0 radical (unpaired) electrons. The Kier molecular flexibility index (Phi) is 8.65. The first kappa shape index (κ1) is 20.9. The third kappa shape index (κ3) is 6.03. The van der Waals surface area contributed by atoms with Crippen molar-refractivity contribution in [2.45, 2.75) is 23.8 Å². The number of rotatable bonds is 8. The van der Waals surface area contributed by atoms with Gasteiger partial charge >= 0.3 is 0 Å². The average Bonchev–Trinajstić information content (AvgIpc) is 3.07. The van der Waals surface area contributed by atoms with Crippen molar-refractivity contribution in [3.63, 3.8) is 0 Å². The van der Waals surface area contributed by atoms with Gasteiger partial charge in [-0.2, -0.15) is 0 Å². The Hall–Kier alpha value is -1.19. The van der Waals surface area contributed by atoms with Gasteiger partial charge in [-0.1, -0.05) is 0 Å². The molecule has 24 heavy (non-hydrogen) atoms. The lowest BCUT2D eigenvalue weighted by Crippen LogP contribution is -2.32. The van der Waals surface area contributed by atoms with Crippen LogP contribution in [-0.2, 0) is 14.8 Å². The highest BCUT2D eigenvalue weighted by Crippen LogP contribution is 2.14. The molecule has 1 saturated heterocycles. The largest absolute Gasteiger partial charge is 0.377 e. The van der Waals surface area contributed by atoms with Crippen molar-refractivity contribution in [1.29, 1.82) is 0 Å². The van der Waals surface area contributed by atoms with Crippen molar-refractivity contribution >= 4 is 28.3 Å². The van der Waals surface area contributed by atoms with E-state index in [0.29, 0.717) is 25.3 Å². The Balaban J connectivity index is 0.00000288. The number of hydrogen-bond acceptors (Lipinski definition) is 5. The summed E-state index contributed by atoms with van der Waals surface area (Å²) < 4.78 is 32.4. The molecule has 0 bridgehead atoms. The lowest BCUT2D eigenvalue weighted by molar-refractivity contribution is 0.0954. The molecule has 136 valence electrons. The van der Waals surface area contributed by atoms with E-state index in [-0.39, 0.29) is 35.9 Å². The molecule has 0 saturated carbocycles. The second-order valence-corrected chi connectivity index (χ2v) is 7.14. The molecule has 1 aliphatic heterocycles. The van der Waals surface area contributed by atoms with Crippen LogP contribution in [-0.4, -0.2) is 53.7 Å². The Labute approximate surface area is 149 Å². The number of likely N-dealkylation sites (N-methyl/N-ethyl adjacent to an activating group) is 1. The first-order valence-electron chi connectivity index (χ1n) is 7.67. The molecule has 1 atom stereocenters. The fraction of sp³-hybridized carbons (Fsp3) is 0.533. The molecule has 1 amide bonds. The van der Waals surface area contributed by atoms with Gasteiger partial charge in [0.1, 0.15) is 0 Å². The van der Waals surface area contributed by atoms with Crippen LogP contribution in [0, 0.1) is 0 Å². The summed E-state index contributed by atoms with van der Waals surface area (Å²) in [5.74, 6) is -0.225. The standard InChI is InChI=1S/C15H23N3O4S.ClH/c1-16-8-9-17-15(19)12-4-6-14(7-5-12)23(20,21)18-11-13-3-2-10-22-13;/h4-7,13,16,18H,2-3,8-11H2,1H3,(H,17,19);1H. The maximum Gasteiger partial charge on any atom is 0.251 e. The van der Waals surface area contributed by atoms with Crippen molar-refractivity contribution in [2.24, 2.45) is 0 Å². The predicted molar refractivity (Wildman–Crippen MR) is 94.1 cm³/mol. The summed E-state index contributed by atoms with van der Waals surface area (Å²) in [4.78, 5) is 12.0. The van der Waals surface area contributed by atoms with Gasteiger partial charge in [0.2, 0.25) is 10.0 Å². The Bertz CT molecular complexity index is 616. The molecule has 0 spiro atoms.